The summed E-state index contributed by atoms with van der Waals surface area (Å²) in [6, 6.07) is 3.50. The molecular weight excluding hydrogens is 232 g/mol. The van der Waals surface area contributed by atoms with Crippen LogP contribution in [-0.2, 0) is 0 Å². The average Bonchev–Trinajstić information content (AvgIpc) is 2.33. The van der Waals surface area contributed by atoms with Gasteiger partial charge in [0.1, 0.15) is 11.6 Å². The third-order valence-electron chi connectivity index (χ3n) is 3.56. The van der Waals surface area contributed by atoms with Crippen LogP contribution >= 0.6 is 0 Å². The number of benzene rings is 1. The molecule has 0 aromatic heterocycles. The van der Waals surface area contributed by atoms with Crippen molar-refractivity contribution in [2.24, 2.45) is 5.41 Å². The molecule has 1 unspecified atom stereocenters. The highest BCUT2D eigenvalue weighted by Crippen LogP contribution is 2.37. The molecule has 0 amide bonds. The van der Waals surface area contributed by atoms with Crippen molar-refractivity contribution in [3.05, 3.63) is 35.4 Å². The lowest BCUT2D eigenvalue weighted by Gasteiger charge is -2.35. The molecule has 0 fully saturated rings. The number of halogens is 2. The van der Waals surface area contributed by atoms with E-state index in [0.717, 1.165) is 25.5 Å². The van der Waals surface area contributed by atoms with Gasteiger partial charge in [-0.25, -0.2) is 8.78 Å². The molecule has 1 nitrogen and oxygen atoms in total. The first-order chi connectivity index (χ1) is 8.42. The van der Waals surface area contributed by atoms with Crippen molar-refractivity contribution in [3.63, 3.8) is 0 Å². The highest BCUT2D eigenvalue weighted by Gasteiger charge is 2.30. The van der Waals surface area contributed by atoms with Gasteiger partial charge in [0.25, 0.3) is 0 Å². The summed E-state index contributed by atoms with van der Waals surface area (Å²) in [7, 11) is 0. The van der Waals surface area contributed by atoms with E-state index in [9.17, 15) is 8.78 Å². The van der Waals surface area contributed by atoms with E-state index in [-0.39, 0.29) is 23.1 Å². The van der Waals surface area contributed by atoms with E-state index in [4.69, 9.17) is 0 Å². The summed E-state index contributed by atoms with van der Waals surface area (Å²) in [5.41, 5.74) is 0.305. The Labute approximate surface area is 109 Å². The summed E-state index contributed by atoms with van der Waals surface area (Å²) >= 11 is 0. The quantitative estimate of drug-likeness (QED) is 0.792. The molecule has 3 heteroatoms. The van der Waals surface area contributed by atoms with E-state index in [1.54, 1.807) is 0 Å². The van der Waals surface area contributed by atoms with Crippen LogP contribution in [0.2, 0.25) is 0 Å². The highest BCUT2D eigenvalue weighted by molar-refractivity contribution is 5.24. The molecule has 1 aromatic carbocycles. The van der Waals surface area contributed by atoms with E-state index in [0.29, 0.717) is 5.56 Å². The number of nitrogens with one attached hydrogen (secondary N) is 1. The molecule has 0 aliphatic carbocycles. The molecule has 18 heavy (non-hydrogen) atoms. The Balaban J connectivity index is 3.12. The molecule has 0 saturated carbocycles. The number of hydrogen-bond donors (Lipinski definition) is 1. The summed E-state index contributed by atoms with van der Waals surface area (Å²) in [6.07, 6.45) is 1.86. The predicted molar refractivity (Wildman–Crippen MR) is 71.5 cm³/mol. The highest BCUT2D eigenvalue weighted by atomic mass is 19.1. The van der Waals surface area contributed by atoms with Crippen molar-refractivity contribution in [3.8, 4) is 0 Å². The fraction of sp³-hybridized carbons (Fsp3) is 0.600. The smallest absolute Gasteiger partial charge is 0.128 e. The predicted octanol–water partition coefficient (Wildman–Crippen LogP) is 4.44. The van der Waals surface area contributed by atoms with Crippen LogP contribution in [0.1, 0.15) is 52.1 Å². The Hall–Kier alpha value is -0.960. The van der Waals surface area contributed by atoms with Gasteiger partial charge < -0.3 is 5.32 Å². The van der Waals surface area contributed by atoms with Gasteiger partial charge in [0.05, 0.1) is 0 Å². The summed E-state index contributed by atoms with van der Waals surface area (Å²) in [4.78, 5) is 0. The largest absolute Gasteiger partial charge is 0.309 e. The van der Waals surface area contributed by atoms with Crippen LogP contribution in [0.15, 0.2) is 18.2 Å². The van der Waals surface area contributed by atoms with E-state index < -0.39 is 0 Å². The maximum absolute atomic E-state index is 13.9. The van der Waals surface area contributed by atoms with Crippen molar-refractivity contribution < 1.29 is 8.78 Å². The lowest BCUT2D eigenvalue weighted by Crippen LogP contribution is -2.35. The standard InChI is InChI=1S/C15H23F2N/c1-5-9-18-14(15(3,4)6-2)12-10-11(16)7-8-13(12)17/h7-8,10,14,18H,5-6,9H2,1-4H3. The molecule has 0 saturated heterocycles. The fourth-order valence-electron chi connectivity index (χ4n) is 2.04. The Bertz CT molecular complexity index is 388. The minimum Gasteiger partial charge on any atom is -0.309 e. The second-order valence-corrected chi connectivity index (χ2v) is 5.40. The van der Waals surface area contributed by atoms with Gasteiger partial charge in [-0.05, 0) is 43.0 Å². The van der Waals surface area contributed by atoms with Crippen molar-refractivity contribution in [1.29, 1.82) is 0 Å². The van der Waals surface area contributed by atoms with Crippen LogP contribution in [0, 0.1) is 17.0 Å². The maximum atomic E-state index is 13.9. The molecule has 0 aliphatic rings. The normalized spacial score (nSPS) is 13.7. The fourth-order valence-corrected chi connectivity index (χ4v) is 2.04. The second kappa shape index (κ2) is 6.28. The van der Waals surface area contributed by atoms with Crippen LogP contribution in [0.3, 0.4) is 0 Å². The molecule has 0 spiro atoms. The van der Waals surface area contributed by atoms with Gasteiger partial charge >= 0.3 is 0 Å². The molecular formula is C15H23F2N. The lowest BCUT2D eigenvalue weighted by atomic mass is 9.78. The Morgan fingerprint density at radius 1 is 1.22 bits per heavy atom. The average molecular weight is 255 g/mol. The van der Waals surface area contributed by atoms with E-state index >= 15 is 0 Å². The zero-order chi connectivity index (χ0) is 13.8. The summed E-state index contributed by atoms with van der Waals surface area (Å²) in [5.74, 6) is -0.729. The van der Waals surface area contributed by atoms with E-state index in [1.807, 2.05) is 0 Å². The molecule has 0 bridgehead atoms. The third-order valence-corrected chi connectivity index (χ3v) is 3.56. The molecule has 0 heterocycles. The molecule has 102 valence electrons. The molecule has 1 aromatic rings. The summed E-state index contributed by atoms with van der Waals surface area (Å²) in [5, 5.41) is 3.34. The number of rotatable bonds is 6. The van der Waals surface area contributed by atoms with Crippen LogP contribution in [0.25, 0.3) is 0 Å². The van der Waals surface area contributed by atoms with Gasteiger partial charge in [0, 0.05) is 11.6 Å². The molecule has 0 radical (unpaired) electrons. The lowest BCUT2D eigenvalue weighted by molar-refractivity contribution is 0.229. The van der Waals surface area contributed by atoms with Gasteiger partial charge in [-0.15, -0.1) is 0 Å². The van der Waals surface area contributed by atoms with Crippen LogP contribution in [-0.4, -0.2) is 6.54 Å². The maximum Gasteiger partial charge on any atom is 0.128 e. The molecule has 1 atom stereocenters. The molecule has 1 rings (SSSR count). The Kier molecular flexibility index (Phi) is 5.27. The molecule has 1 N–H and O–H groups in total. The third kappa shape index (κ3) is 3.52. The van der Waals surface area contributed by atoms with Crippen molar-refractivity contribution in [2.75, 3.05) is 6.54 Å². The van der Waals surface area contributed by atoms with Gasteiger partial charge in [-0.1, -0.05) is 27.7 Å². The first-order valence-electron chi connectivity index (χ1n) is 6.60. The van der Waals surface area contributed by atoms with Crippen molar-refractivity contribution in [2.45, 2.75) is 46.6 Å². The van der Waals surface area contributed by atoms with Crippen LogP contribution in [0.4, 0.5) is 8.78 Å². The monoisotopic (exact) mass is 255 g/mol. The SMILES string of the molecule is CCCNC(c1cc(F)ccc1F)C(C)(C)CC. The van der Waals surface area contributed by atoms with Gasteiger partial charge in [0.2, 0.25) is 0 Å². The summed E-state index contributed by atoms with van der Waals surface area (Å²) < 4.78 is 27.2. The van der Waals surface area contributed by atoms with E-state index in [2.05, 4.69) is 33.0 Å². The first-order valence-corrected chi connectivity index (χ1v) is 6.60. The van der Waals surface area contributed by atoms with Crippen molar-refractivity contribution in [1.82, 2.24) is 5.32 Å². The topological polar surface area (TPSA) is 12.0 Å². The van der Waals surface area contributed by atoms with Gasteiger partial charge in [0.15, 0.2) is 0 Å². The minimum atomic E-state index is -0.387. The van der Waals surface area contributed by atoms with E-state index in [1.165, 1.54) is 12.1 Å². The van der Waals surface area contributed by atoms with Crippen LogP contribution < -0.4 is 5.32 Å². The minimum absolute atomic E-state index is 0.121. The van der Waals surface area contributed by atoms with Crippen molar-refractivity contribution >= 4 is 0 Å². The number of hydrogen-bond acceptors (Lipinski definition) is 1. The van der Waals surface area contributed by atoms with Gasteiger partial charge in [-0.3, -0.25) is 0 Å². The van der Waals surface area contributed by atoms with Gasteiger partial charge in [-0.2, -0.15) is 0 Å². The Morgan fingerprint density at radius 3 is 2.44 bits per heavy atom. The second-order valence-electron chi connectivity index (χ2n) is 5.40. The zero-order valence-electron chi connectivity index (χ0n) is 11.7. The Morgan fingerprint density at radius 2 is 1.89 bits per heavy atom. The molecule has 0 aliphatic heterocycles. The zero-order valence-corrected chi connectivity index (χ0v) is 11.7. The van der Waals surface area contributed by atoms with Crippen LogP contribution in [0.5, 0.6) is 0 Å². The first kappa shape index (κ1) is 15.1. The summed E-state index contributed by atoms with van der Waals surface area (Å²) in [6.45, 7) is 9.07.